The van der Waals surface area contributed by atoms with E-state index in [0.717, 1.165) is 37.2 Å². The lowest BCUT2D eigenvalue weighted by Gasteiger charge is -2.09. The second-order valence-electron chi connectivity index (χ2n) is 17.2. The van der Waals surface area contributed by atoms with Gasteiger partial charge in [-0.25, -0.2) is 19.2 Å². The van der Waals surface area contributed by atoms with E-state index in [1.165, 1.54) is 157 Å². The number of hydrogen-bond acceptors (Lipinski definition) is 10. The van der Waals surface area contributed by atoms with Crippen molar-refractivity contribution >= 4 is 23.9 Å². The molecule has 10 nitrogen and oxygen atoms in total. The lowest BCUT2D eigenvalue weighted by molar-refractivity contribution is 0.0714. The number of unbranched alkanes of at least 4 members (excludes halogenated alkanes) is 18. The maximum atomic E-state index is 13.0. The molecule has 5 rings (SSSR count). The Kier molecular flexibility index (Phi) is 23.8. The minimum Gasteiger partial charge on any atom is -0.494 e. The molecule has 0 saturated heterocycles. The van der Waals surface area contributed by atoms with Gasteiger partial charge < -0.3 is 28.4 Å². The summed E-state index contributed by atoms with van der Waals surface area (Å²) in [6.07, 6.45) is 25.3. The molecule has 5 aromatic carbocycles. The molecule has 68 heavy (non-hydrogen) atoms. The number of hydrogen-bond donors (Lipinski definition) is 0. The molecule has 0 N–H and O–H groups in total. The number of benzene rings is 5. The predicted molar refractivity (Wildman–Crippen MR) is 267 cm³/mol. The maximum absolute atomic E-state index is 13.0. The quantitative estimate of drug-likeness (QED) is 0.0234. The largest absolute Gasteiger partial charge is 0.494 e. The van der Waals surface area contributed by atoms with E-state index in [0.29, 0.717) is 24.7 Å². The molecule has 0 aliphatic heterocycles. The highest BCUT2D eigenvalue weighted by Crippen LogP contribution is 2.24. The second-order valence-corrected chi connectivity index (χ2v) is 17.2. The fourth-order valence-corrected chi connectivity index (χ4v) is 7.52. The van der Waals surface area contributed by atoms with Gasteiger partial charge in [0.25, 0.3) is 0 Å². The molecule has 0 heterocycles. The Labute approximate surface area is 403 Å². The molecule has 0 aromatic heterocycles. The third kappa shape index (κ3) is 19.8. The van der Waals surface area contributed by atoms with Crippen LogP contribution in [0.2, 0.25) is 0 Å². The average molecular weight is 927 g/mol. The summed E-state index contributed by atoms with van der Waals surface area (Å²) in [7, 11) is 0. The third-order valence-corrected chi connectivity index (χ3v) is 11.5. The molecule has 0 unspecified atom stereocenters. The lowest BCUT2D eigenvalue weighted by atomic mass is 10.1. The first kappa shape index (κ1) is 52.5. The summed E-state index contributed by atoms with van der Waals surface area (Å²) < 4.78 is 33.9. The summed E-state index contributed by atoms with van der Waals surface area (Å²) in [4.78, 5) is 51.7. The van der Waals surface area contributed by atoms with Crippen LogP contribution in [0.15, 0.2) is 121 Å². The van der Waals surface area contributed by atoms with E-state index in [-0.39, 0.29) is 33.8 Å². The highest BCUT2D eigenvalue weighted by molar-refractivity contribution is 5.96. The smallest absolute Gasteiger partial charge is 0.343 e. The van der Waals surface area contributed by atoms with E-state index in [2.05, 4.69) is 13.8 Å². The van der Waals surface area contributed by atoms with Crippen LogP contribution in [-0.2, 0) is 0 Å². The fraction of sp³-hybridized carbons (Fsp3) is 0.414. The van der Waals surface area contributed by atoms with E-state index in [4.69, 9.17) is 28.4 Å². The van der Waals surface area contributed by atoms with Crippen molar-refractivity contribution in [3.05, 3.63) is 144 Å². The summed E-state index contributed by atoms with van der Waals surface area (Å²) in [6, 6.07) is 31.8. The van der Waals surface area contributed by atoms with Gasteiger partial charge in [-0.15, -0.1) is 0 Å². The number of ether oxygens (including phenoxy) is 6. The van der Waals surface area contributed by atoms with Crippen LogP contribution in [-0.4, -0.2) is 37.1 Å². The topological polar surface area (TPSA) is 124 Å². The first-order valence-corrected chi connectivity index (χ1v) is 25.0. The van der Waals surface area contributed by atoms with Crippen LogP contribution < -0.4 is 28.4 Å². The molecule has 0 amide bonds. The molecule has 5 aromatic rings. The summed E-state index contributed by atoms with van der Waals surface area (Å²) in [6.45, 7) is 5.78. The van der Waals surface area contributed by atoms with Crippen molar-refractivity contribution in [3.63, 3.8) is 0 Å². The molecule has 0 saturated carbocycles. The van der Waals surface area contributed by atoms with Crippen LogP contribution in [0.3, 0.4) is 0 Å². The first-order valence-electron chi connectivity index (χ1n) is 25.0. The second kappa shape index (κ2) is 30.8. The fourth-order valence-electron chi connectivity index (χ4n) is 7.52. The Hall–Kier alpha value is -6.42. The Morgan fingerprint density at radius 1 is 0.294 bits per heavy atom. The molecule has 0 bridgehead atoms. The van der Waals surface area contributed by atoms with E-state index < -0.39 is 23.9 Å². The number of esters is 4. The summed E-state index contributed by atoms with van der Waals surface area (Å²) in [5.74, 6) is -0.0173. The van der Waals surface area contributed by atoms with Crippen LogP contribution in [0, 0.1) is 0 Å². The van der Waals surface area contributed by atoms with Crippen molar-refractivity contribution in [3.8, 4) is 34.5 Å². The molecule has 0 aliphatic carbocycles. The zero-order chi connectivity index (χ0) is 48.0. The van der Waals surface area contributed by atoms with Crippen molar-refractivity contribution in [2.45, 2.75) is 142 Å². The minimum absolute atomic E-state index is 0.145. The molecule has 0 atom stereocenters. The molecular weight excluding hydrogens is 857 g/mol. The van der Waals surface area contributed by atoms with Gasteiger partial charge >= 0.3 is 23.9 Å². The van der Waals surface area contributed by atoms with Crippen LogP contribution in [0.25, 0.3) is 0 Å². The predicted octanol–water partition coefficient (Wildman–Crippen LogP) is 15.2. The van der Waals surface area contributed by atoms with Crippen LogP contribution in [0.4, 0.5) is 0 Å². The molecule has 0 fully saturated rings. The molecule has 0 aliphatic rings. The summed E-state index contributed by atoms with van der Waals surface area (Å²) in [5, 5.41) is 0. The Balaban J connectivity index is 0.975. The average Bonchev–Trinajstić information content (AvgIpc) is 3.36. The van der Waals surface area contributed by atoms with Crippen molar-refractivity contribution < 1.29 is 47.6 Å². The van der Waals surface area contributed by atoms with Gasteiger partial charge in [0.1, 0.15) is 34.5 Å². The zero-order valence-corrected chi connectivity index (χ0v) is 40.2. The Morgan fingerprint density at radius 3 is 0.838 bits per heavy atom. The van der Waals surface area contributed by atoms with Gasteiger partial charge in [0.2, 0.25) is 0 Å². The molecule has 0 spiro atoms. The third-order valence-electron chi connectivity index (χ3n) is 11.5. The monoisotopic (exact) mass is 926 g/mol. The Bertz CT molecular complexity index is 2080. The SMILES string of the molecule is CCCCCCCCCCCCOc1ccc(OC(=O)c2ccc(C(=O)Oc3cccc(OC(=O)c4ccc(C(=O)Oc5ccc(OCCCCCCCCCCCC)cc5)cc4)c3)cc2)cc1. The van der Waals surface area contributed by atoms with Crippen LogP contribution in [0.1, 0.15) is 184 Å². The van der Waals surface area contributed by atoms with E-state index >= 15 is 0 Å². The highest BCUT2D eigenvalue weighted by Gasteiger charge is 2.16. The number of rotatable bonds is 32. The van der Waals surface area contributed by atoms with E-state index in [1.807, 2.05) is 0 Å². The van der Waals surface area contributed by atoms with Gasteiger partial charge in [-0.3, -0.25) is 0 Å². The lowest BCUT2D eigenvalue weighted by Crippen LogP contribution is -2.12. The van der Waals surface area contributed by atoms with Crippen molar-refractivity contribution in [1.29, 1.82) is 0 Å². The van der Waals surface area contributed by atoms with Crippen molar-refractivity contribution in [1.82, 2.24) is 0 Å². The van der Waals surface area contributed by atoms with E-state index in [1.54, 1.807) is 66.7 Å². The van der Waals surface area contributed by atoms with Crippen LogP contribution >= 0.6 is 0 Å². The number of carbonyl (C=O) groups is 4. The summed E-state index contributed by atoms with van der Waals surface area (Å²) >= 11 is 0. The van der Waals surface area contributed by atoms with Gasteiger partial charge in [-0.05, 0) is 122 Å². The van der Waals surface area contributed by atoms with Gasteiger partial charge in [-0.2, -0.15) is 0 Å². The molecule has 362 valence electrons. The van der Waals surface area contributed by atoms with Crippen molar-refractivity contribution in [2.24, 2.45) is 0 Å². The summed E-state index contributed by atoms with van der Waals surface area (Å²) in [5.41, 5.74) is 0.915. The minimum atomic E-state index is -0.673. The normalized spacial score (nSPS) is 10.9. The van der Waals surface area contributed by atoms with Crippen LogP contribution in [0.5, 0.6) is 34.5 Å². The standard InChI is InChI=1S/C58H70O10/c1-3-5-7-9-11-13-15-17-19-21-42-63-49-34-38-51(39-35-49)65-55(59)45-26-30-47(31-27-45)57(61)67-53-24-23-25-54(44-53)68-58(62)48-32-28-46(29-33-48)56(60)66-52-40-36-50(37-41-52)64-43-22-20-18-16-14-12-10-8-6-4-2/h23-41,44H,3-22,42-43H2,1-2H3. The molecule has 0 radical (unpaired) electrons. The first-order chi connectivity index (χ1) is 33.3. The molecular formula is C58H70O10. The highest BCUT2D eigenvalue weighted by atomic mass is 16.6. The van der Waals surface area contributed by atoms with Crippen molar-refractivity contribution in [2.75, 3.05) is 13.2 Å². The van der Waals surface area contributed by atoms with Gasteiger partial charge in [-0.1, -0.05) is 135 Å². The van der Waals surface area contributed by atoms with E-state index in [9.17, 15) is 19.2 Å². The zero-order valence-electron chi connectivity index (χ0n) is 40.2. The van der Waals surface area contributed by atoms with Gasteiger partial charge in [0.05, 0.1) is 35.5 Å². The molecule has 10 heteroatoms. The van der Waals surface area contributed by atoms with Gasteiger partial charge in [0.15, 0.2) is 0 Å². The van der Waals surface area contributed by atoms with Gasteiger partial charge in [0, 0.05) is 6.07 Å². The Morgan fingerprint density at radius 2 is 0.544 bits per heavy atom. The number of carbonyl (C=O) groups excluding carboxylic acids is 4. The maximum Gasteiger partial charge on any atom is 0.343 e.